The van der Waals surface area contributed by atoms with E-state index in [0.29, 0.717) is 41.2 Å². The molecule has 0 aliphatic carbocycles. The van der Waals surface area contributed by atoms with Crippen molar-refractivity contribution < 1.29 is 28.5 Å². The fourth-order valence-corrected chi connectivity index (χ4v) is 4.30. The highest BCUT2D eigenvalue weighted by molar-refractivity contribution is 6.05. The van der Waals surface area contributed by atoms with Gasteiger partial charge in [-0.3, -0.25) is 4.79 Å². The number of phenols is 1. The Morgan fingerprint density at radius 3 is 2.35 bits per heavy atom. The average molecular weight is 471 g/mol. The van der Waals surface area contributed by atoms with Crippen LogP contribution in [0.15, 0.2) is 15.3 Å². The Bertz CT molecular complexity index is 1200. The highest BCUT2D eigenvalue weighted by Gasteiger charge is 2.35. The lowest BCUT2D eigenvalue weighted by Crippen LogP contribution is -2.29. The Labute approximate surface area is 200 Å². The molecule has 0 spiro atoms. The van der Waals surface area contributed by atoms with Gasteiger partial charge in [-0.1, -0.05) is 20.8 Å². The van der Waals surface area contributed by atoms with Gasteiger partial charge in [0.25, 0.3) is 0 Å². The summed E-state index contributed by atoms with van der Waals surface area (Å²) in [7, 11) is 2.97. The molecule has 1 atom stereocenters. The number of carbonyl (C=O) groups excluding carboxylic acids is 1. The van der Waals surface area contributed by atoms with E-state index in [9.17, 15) is 14.7 Å². The molecule has 7 nitrogen and oxygen atoms in total. The van der Waals surface area contributed by atoms with Crippen LogP contribution < -0.4 is 19.8 Å². The number of ether oxygens (including phenoxy) is 3. The van der Waals surface area contributed by atoms with E-state index in [1.165, 1.54) is 14.2 Å². The van der Waals surface area contributed by atoms with Crippen LogP contribution in [0.2, 0.25) is 0 Å². The van der Waals surface area contributed by atoms with Gasteiger partial charge in [0.2, 0.25) is 0 Å². The van der Waals surface area contributed by atoms with E-state index in [1.54, 1.807) is 0 Å². The lowest BCUT2D eigenvalue weighted by atomic mass is 9.87. The number of hydrogen-bond acceptors (Lipinski definition) is 7. The van der Waals surface area contributed by atoms with Crippen LogP contribution >= 0.6 is 0 Å². The molecule has 2 heterocycles. The number of benzene rings is 1. The molecule has 0 fully saturated rings. The van der Waals surface area contributed by atoms with Gasteiger partial charge in [0.15, 0.2) is 5.78 Å². The Hall–Kier alpha value is -3.22. The zero-order chi connectivity index (χ0) is 25.4. The normalized spacial score (nSPS) is 14.8. The van der Waals surface area contributed by atoms with Gasteiger partial charge in [-0.25, -0.2) is 4.79 Å². The number of fused-ring (bicyclic) bond motifs is 1. The standard InChI is InChI=1S/C27H34O7/c1-9-14(3)21(28)20-22(29)17(24(32-8)16-11-12-27(5,6)34-25(16)20)13-18-23(31-7)15(4)19(10-2)33-26(18)30/h11-12,14,29H,9-10,13H2,1-8H3/t14-/m0/s1. The van der Waals surface area contributed by atoms with E-state index in [0.717, 1.165) is 5.56 Å². The maximum atomic E-state index is 13.4. The molecule has 34 heavy (non-hydrogen) atoms. The van der Waals surface area contributed by atoms with Gasteiger partial charge in [0.1, 0.15) is 39.9 Å². The quantitative estimate of drug-likeness (QED) is 0.527. The Morgan fingerprint density at radius 2 is 1.79 bits per heavy atom. The van der Waals surface area contributed by atoms with E-state index >= 15 is 0 Å². The molecule has 1 aliphatic heterocycles. The fraction of sp³-hybridized carbons (Fsp3) is 0.481. The molecule has 0 saturated carbocycles. The topological polar surface area (TPSA) is 95.2 Å². The van der Waals surface area contributed by atoms with Crippen LogP contribution in [-0.4, -0.2) is 30.7 Å². The number of aryl methyl sites for hydroxylation is 1. The van der Waals surface area contributed by atoms with E-state index in [-0.39, 0.29) is 40.7 Å². The van der Waals surface area contributed by atoms with Gasteiger partial charge in [-0.05, 0) is 39.3 Å². The second-order valence-corrected chi connectivity index (χ2v) is 9.17. The summed E-state index contributed by atoms with van der Waals surface area (Å²) in [5, 5.41) is 11.4. The predicted octanol–water partition coefficient (Wildman–Crippen LogP) is 5.24. The van der Waals surface area contributed by atoms with Crippen molar-refractivity contribution >= 4 is 11.9 Å². The number of carbonyl (C=O) groups is 1. The second kappa shape index (κ2) is 9.57. The van der Waals surface area contributed by atoms with Crippen molar-refractivity contribution in [2.24, 2.45) is 5.92 Å². The summed E-state index contributed by atoms with van der Waals surface area (Å²) in [6, 6.07) is 0. The first-order chi connectivity index (χ1) is 16.0. The van der Waals surface area contributed by atoms with Crippen LogP contribution in [0, 0.1) is 12.8 Å². The van der Waals surface area contributed by atoms with E-state index in [4.69, 9.17) is 18.6 Å². The average Bonchev–Trinajstić information content (AvgIpc) is 2.80. The molecule has 7 heteroatoms. The van der Waals surface area contributed by atoms with Crippen LogP contribution in [0.25, 0.3) is 6.08 Å². The summed E-state index contributed by atoms with van der Waals surface area (Å²) in [6.07, 6.45) is 4.79. The summed E-state index contributed by atoms with van der Waals surface area (Å²) in [5.74, 6) is 0.729. The first-order valence-corrected chi connectivity index (χ1v) is 11.6. The van der Waals surface area contributed by atoms with Crippen molar-refractivity contribution in [1.29, 1.82) is 0 Å². The van der Waals surface area contributed by atoms with E-state index in [2.05, 4.69) is 0 Å². The molecule has 1 aromatic heterocycles. The Balaban J connectivity index is 2.35. The fourth-order valence-electron chi connectivity index (χ4n) is 4.30. The minimum Gasteiger partial charge on any atom is -0.507 e. The molecule has 1 N–H and O–H groups in total. The molecule has 0 amide bonds. The molecule has 3 rings (SSSR count). The first-order valence-electron chi connectivity index (χ1n) is 11.6. The molecule has 0 unspecified atom stereocenters. The van der Waals surface area contributed by atoms with Crippen LogP contribution in [-0.2, 0) is 12.8 Å². The SMILES string of the molecule is CCc1oc(=O)c(Cc2c(O)c(C(=O)[C@@H](C)CC)c3c(c2OC)C=CC(C)(C)O3)c(OC)c1C. The molecular formula is C27H34O7. The van der Waals surface area contributed by atoms with Crippen molar-refractivity contribution in [3.8, 4) is 23.0 Å². The number of ketones is 1. The largest absolute Gasteiger partial charge is 0.507 e. The summed E-state index contributed by atoms with van der Waals surface area (Å²) >= 11 is 0. The molecule has 1 aliphatic rings. The monoisotopic (exact) mass is 470 g/mol. The van der Waals surface area contributed by atoms with Gasteiger partial charge in [0, 0.05) is 29.9 Å². The Morgan fingerprint density at radius 1 is 1.15 bits per heavy atom. The highest BCUT2D eigenvalue weighted by Crippen LogP contribution is 2.49. The number of aromatic hydroxyl groups is 1. The van der Waals surface area contributed by atoms with Gasteiger partial charge in [-0.15, -0.1) is 0 Å². The number of hydrogen-bond donors (Lipinski definition) is 1. The lowest BCUT2D eigenvalue weighted by Gasteiger charge is -2.32. The molecule has 0 radical (unpaired) electrons. The summed E-state index contributed by atoms with van der Waals surface area (Å²) in [4.78, 5) is 26.3. The third-order valence-corrected chi connectivity index (χ3v) is 6.41. The number of phenolic OH excluding ortho intramolecular Hbond substituents is 1. The minimum absolute atomic E-state index is 0.0450. The smallest absolute Gasteiger partial charge is 0.343 e. The van der Waals surface area contributed by atoms with Crippen molar-refractivity contribution in [3.05, 3.63) is 50.1 Å². The van der Waals surface area contributed by atoms with E-state index < -0.39 is 11.2 Å². The minimum atomic E-state index is -0.673. The zero-order valence-electron chi connectivity index (χ0n) is 21.3. The Kier molecular flexibility index (Phi) is 7.15. The molecule has 1 aromatic carbocycles. The molecule has 184 valence electrons. The van der Waals surface area contributed by atoms with Crippen LogP contribution in [0.3, 0.4) is 0 Å². The third kappa shape index (κ3) is 4.31. The third-order valence-electron chi connectivity index (χ3n) is 6.41. The first kappa shape index (κ1) is 25.4. The van der Waals surface area contributed by atoms with Gasteiger partial charge < -0.3 is 23.7 Å². The summed E-state index contributed by atoms with van der Waals surface area (Å²) in [6.45, 7) is 11.2. The van der Waals surface area contributed by atoms with E-state index in [1.807, 2.05) is 53.7 Å². The van der Waals surface area contributed by atoms with Gasteiger partial charge >= 0.3 is 5.63 Å². The van der Waals surface area contributed by atoms with Crippen molar-refractivity contribution in [2.45, 2.75) is 66.4 Å². The van der Waals surface area contributed by atoms with Crippen LogP contribution in [0.1, 0.15) is 79.4 Å². The number of Topliss-reactive ketones (excluding diaryl/α,β-unsaturated/α-hetero) is 1. The summed E-state index contributed by atoms with van der Waals surface area (Å²) < 4.78 is 23.0. The predicted molar refractivity (Wildman–Crippen MR) is 131 cm³/mol. The maximum absolute atomic E-state index is 13.4. The second-order valence-electron chi connectivity index (χ2n) is 9.17. The molecule has 0 bridgehead atoms. The number of methoxy groups -OCH3 is 2. The molecule has 2 aromatic rings. The number of rotatable bonds is 8. The summed E-state index contributed by atoms with van der Waals surface area (Å²) in [5.41, 5.74) is 0.685. The van der Waals surface area contributed by atoms with Crippen molar-refractivity contribution in [2.75, 3.05) is 14.2 Å². The molecule has 0 saturated heterocycles. The van der Waals surface area contributed by atoms with Crippen molar-refractivity contribution in [1.82, 2.24) is 0 Å². The van der Waals surface area contributed by atoms with Crippen LogP contribution in [0.5, 0.6) is 23.0 Å². The zero-order valence-corrected chi connectivity index (χ0v) is 21.3. The molecular weight excluding hydrogens is 436 g/mol. The van der Waals surface area contributed by atoms with Crippen LogP contribution in [0.4, 0.5) is 0 Å². The van der Waals surface area contributed by atoms with Crippen molar-refractivity contribution in [3.63, 3.8) is 0 Å². The lowest BCUT2D eigenvalue weighted by molar-refractivity contribution is 0.0910. The highest BCUT2D eigenvalue weighted by atomic mass is 16.5. The maximum Gasteiger partial charge on any atom is 0.343 e. The van der Waals surface area contributed by atoms with Gasteiger partial charge in [-0.2, -0.15) is 0 Å². The van der Waals surface area contributed by atoms with Gasteiger partial charge in [0.05, 0.1) is 25.3 Å².